The first-order chi connectivity index (χ1) is 14.7. The van der Waals surface area contributed by atoms with Gasteiger partial charge in [0.1, 0.15) is 30.5 Å². The van der Waals surface area contributed by atoms with Crippen molar-refractivity contribution in [3.05, 3.63) is 96.1 Å². The van der Waals surface area contributed by atoms with Gasteiger partial charge in [0.25, 0.3) is 0 Å². The Bertz CT molecular complexity index is 993. The van der Waals surface area contributed by atoms with Crippen molar-refractivity contribution >= 4 is 17.5 Å². The number of hydrogen-bond donors (Lipinski definition) is 1. The maximum Gasteiger partial charge on any atom is 0.227 e. The van der Waals surface area contributed by atoms with Gasteiger partial charge < -0.3 is 14.8 Å². The molecule has 0 saturated carbocycles. The molecule has 0 spiro atoms. The van der Waals surface area contributed by atoms with Crippen LogP contribution in [0.2, 0.25) is 5.28 Å². The topological polar surface area (TPSA) is 69.2 Å². The van der Waals surface area contributed by atoms with Crippen molar-refractivity contribution in [2.75, 3.05) is 18.5 Å². The summed E-state index contributed by atoms with van der Waals surface area (Å²) in [5.41, 5.74) is 2.07. The molecule has 2 aromatic carbocycles. The minimum atomic E-state index is 0.148. The fraction of sp³-hybridized carbons (Fsp3) is 0.174. The lowest BCUT2D eigenvalue weighted by Crippen LogP contribution is -2.08. The van der Waals surface area contributed by atoms with Gasteiger partial charge in [-0.05, 0) is 47.0 Å². The summed E-state index contributed by atoms with van der Waals surface area (Å²) < 4.78 is 11.1. The third-order valence-electron chi connectivity index (χ3n) is 4.02. The number of nitrogens with zero attached hydrogens (tertiary/aromatic N) is 3. The summed E-state index contributed by atoms with van der Waals surface area (Å²) in [6.45, 7) is 8.78. The lowest BCUT2D eigenvalue weighted by atomic mass is 10.1. The molecule has 3 aromatic rings. The fourth-order valence-corrected chi connectivity index (χ4v) is 2.85. The van der Waals surface area contributed by atoms with Crippen molar-refractivity contribution < 1.29 is 9.47 Å². The molecule has 6 nitrogen and oxygen atoms in total. The van der Waals surface area contributed by atoms with Crippen LogP contribution in [-0.2, 0) is 13.0 Å². The highest BCUT2D eigenvalue weighted by molar-refractivity contribution is 6.28. The highest BCUT2D eigenvalue weighted by atomic mass is 35.5. The molecule has 0 unspecified atom stereocenters. The highest BCUT2D eigenvalue weighted by Crippen LogP contribution is 2.17. The van der Waals surface area contributed by atoms with Crippen molar-refractivity contribution in [2.24, 2.45) is 0 Å². The molecule has 1 N–H and O–H groups in total. The minimum absolute atomic E-state index is 0.148. The van der Waals surface area contributed by atoms with Gasteiger partial charge in [-0.15, -0.1) is 0 Å². The van der Waals surface area contributed by atoms with E-state index in [0.717, 1.165) is 22.6 Å². The van der Waals surface area contributed by atoms with Crippen LogP contribution in [0.3, 0.4) is 0 Å². The van der Waals surface area contributed by atoms with Crippen molar-refractivity contribution in [3.63, 3.8) is 0 Å². The number of anilines is 1. The first-order valence-corrected chi connectivity index (χ1v) is 9.83. The van der Waals surface area contributed by atoms with Crippen molar-refractivity contribution in [2.45, 2.75) is 13.0 Å². The third-order valence-corrected chi connectivity index (χ3v) is 4.19. The van der Waals surface area contributed by atoms with Gasteiger partial charge in [-0.3, -0.25) is 0 Å². The highest BCUT2D eigenvalue weighted by Gasteiger charge is 2.07. The van der Waals surface area contributed by atoms with Crippen LogP contribution >= 0.6 is 11.6 Å². The van der Waals surface area contributed by atoms with E-state index >= 15 is 0 Å². The zero-order valence-corrected chi connectivity index (χ0v) is 17.3. The molecule has 0 atom stereocenters. The molecule has 1 aromatic heterocycles. The molecule has 0 bridgehead atoms. The van der Waals surface area contributed by atoms with Gasteiger partial charge in [-0.2, -0.15) is 9.97 Å². The van der Waals surface area contributed by atoms with Gasteiger partial charge in [-0.25, -0.2) is 4.98 Å². The van der Waals surface area contributed by atoms with Crippen LogP contribution in [0, 0.1) is 0 Å². The molecule has 0 aliphatic rings. The maximum absolute atomic E-state index is 6.10. The summed E-state index contributed by atoms with van der Waals surface area (Å²) in [4.78, 5) is 12.9. The number of nitrogens with one attached hydrogen (secondary N) is 1. The zero-order chi connectivity index (χ0) is 21.2. The van der Waals surface area contributed by atoms with Crippen molar-refractivity contribution in [1.29, 1.82) is 0 Å². The molecule has 0 radical (unpaired) electrons. The quantitative estimate of drug-likeness (QED) is 0.445. The second-order valence-corrected chi connectivity index (χ2v) is 6.70. The van der Waals surface area contributed by atoms with Gasteiger partial charge in [0.05, 0.1) is 0 Å². The van der Waals surface area contributed by atoms with Crippen molar-refractivity contribution in [1.82, 2.24) is 15.0 Å². The van der Waals surface area contributed by atoms with E-state index in [-0.39, 0.29) is 5.28 Å². The summed E-state index contributed by atoms with van der Waals surface area (Å²) in [7, 11) is 0. The molecule has 0 fully saturated rings. The average molecular weight is 423 g/mol. The Labute approximate surface area is 181 Å². The first-order valence-electron chi connectivity index (χ1n) is 9.46. The van der Waals surface area contributed by atoms with Gasteiger partial charge in [0.2, 0.25) is 11.2 Å². The molecule has 0 amide bonds. The van der Waals surface area contributed by atoms with Crippen LogP contribution in [0.25, 0.3) is 0 Å². The second kappa shape index (κ2) is 11.0. The van der Waals surface area contributed by atoms with E-state index in [4.69, 9.17) is 21.1 Å². The van der Waals surface area contributed by atoms with Gasteiger partial charge >= 0.3 is 0 Å². The number of ether oxygens (including phenoxy) is 2. The maximum atomic E-state index is 6.10. The minimum Gasteiger partial charge on any atom is -0.490 e. The molecule has 1 heterocycles. The number of benzene rings is 2. The second-order valence-electron chi connectivity index (χ2n) is 6.37. The Balaban J connectivity index is 1.63. The first kappa shape index (κ1) is 21.3. The standard InChI is InChI=1S/C23H23ClN4O2/c1-3-12-29-19-10-8-17(9-11-19)16-25-23-27-21(26-22(24)28-23)15-18-6-5-7-20(14-18)30-13-4-2/h3-11,14H,1-2,12-13,15-16H2,(H,25,26,27,28). The van der Waals surface area contributed by atoms with Gasteiger partial charge in [-0.1, -0.05) is 49.6 Å². The van der Waals surface area contributed by atoms with Crippen LogP contribution < -0.4 is 14.8 Å². The number of hydrogen-bond acceptors (Lipinski definition) is 6. The Kier molecular flexibility index (Phi) is 7.80. The van der Waals surface area contributed by atoms with E-state index in [1.165, 1.54) is 0 Å². The molecule has 30 heavy (non-hydrogen) atoms. The molecule has 0 aliphatic carbocycles. The van der Waals surface area contributed by atoms with Crippen LogP contribution in [0.4, 0.5) is 5.95 Å². The van der Waals surface area contributed by atoms with Crippen LogP contribution in [0.5, 0.6) is 11.5 Å². The van der Waals surface area contributed by atoms with Crippen LogP contribution in [0.1, 0.15) is 17.0 Å². The van der Waals surface area contributed by atoms with E-state index in [0.29, 0.717) is 38.0 Å². The summed E-state index contributed by atoms with van der Waals surface area (Å²) >= 11 is 6.10. The Morgan fingerprint density at radius 1 is 0.867 bits per heavy atom. The molecule has 3 rings (SSSR count). The van der Waals surface area contributed by atoms with E-state index in [9.17, 15) is 0 Å². The van der Waals surface area contributed by atoms with Crippen molar-refractivity contribution in [3.8, 4) is 11.5 Å². The summed E-state index contributed by atoms with van der Waals surface area (Å²) in [6.07, 6.45) is 3.93. The van der Waals surface area contributed by atoms with E-state index < -0.39 is 0 Å². The van der Waals surface area contributed by atoms with Gasteiger partial charge in [0, 0.05) is 13.0 Å². The Morgan fingerprint density at radius 3 is 2.33 bits per heavy atom. The molecule has 0 saturated heterocycles. The Morgan fingerprint density at radius 2 is 1.60 bits per heavy atom. The van der Waals surface area contributed by atoms with Crippen LogP contribution in [0.15, 0.2) is 73.8 Å². The Hall–Kier alpha value is -3.38. The normalized spacial score (nSPS) is 10.3. The van der Waals surface area contributed by atoms with Gasteiger partial charge in [0.15, 0.2) is 0 Å². The number of rotatable bonds is 11. The molecular formula is C23H23ClN4O2. The fourth-order valence-electron chi connectivity index (χ4n) is 2.67. The third kappa shape index (κ3) is 6.60. The SMILES string of the molecule is C=CCOc1ccc(CNc2nc(Cl)nc(Cc3cccc(OCC=C)c3)n2)cc1. The largest absolute Gasteiger partial charge is 0.490 e. The summed E-state index contributed by atoms with van der Waals surface area (Å²) in [6, 6.07) is 15.5. The average Bonchev–Trinajstić information content (AvgIpc) is 2.75. The molecule has 154 valence electrons. The molecule has 7 heteroatoms. The van der Waals surface area contributed by atoms with E-state index in [2.05, 4.69) is 33.4 Å². The van der Waals surface area contributed by atoms with Crippen LogP contribution in [-0.4, -0.2) is 28.2 Å². The zero-order valence-electron chi connectivity index (χ0n) is 16.6. The van der Waals surface area contributed by atoms with E-state index in [1.54, 1.807) is 12.2 Å². The summed E-state index contributed by atoms with van der Waals surface area (Å²) in [5, 5.41) is 3.34. The lowest BCUT2D eigenvalue weighted by molar-refractivity contribution is 0.363. The predicted octanol–water partition coefficient (Wildman–Crippen LogP) is 4.86. The number of aromatic nitrogens is 3. The number of halogens is 1. The monoisotopic (exact) mass is 422 g/mol. The molecule has 0 aliphatic heterocycles. The molecular weight excluding hydrogens is 400 g/mol. The predicted molar refractivity (Wildman–Crippen MR) is 119 cm³/mol. The smallest absolute Gasteiger partial charge is 0.227 e. The van der Waals surface area contributed by atoms with E-state index in [1.807, 2.05) is 48.5 Å². The summed E-state index contributed by atoms with van der Waals surface area (Å²) in [5.74, 6) is 2.57. The lowest BCUT2D eigenvalue weighted by Gasteiger charge is -2.09.